The van der Waals surface area contributed by atoms with Crippen LogP contribution in [0.1, 0.15) is 37.7 Å². The number of halogens is 1. The molecule has 0 aromatic heterocycles. The van der Waals surface area contributed by atoms with Gasteiger partial charge in [0.25, 0.3) is 0 Å². The fraction of sp³-hybridized carbons (Fsp3) is 0.647. The van der Waals surface area contributed by atoms with E-state index in [0.717, 1.165) is 18.7 Å². The number of rotatable bonds is 6. The van der Waals surface area contributed by atoms with Crippen molar-refractivity contribution in [1.82, 2.24) is 10.2 Å². The Hall–Kier alpha value is -1.13. The molecule has 3 nitrogen and oxygen atoms in total. The molecular formula is C17H25FN2O. The third-order valence-corrected chi connectivity index (χ3v) is 4.57. The van der Waals surface area contributed by atoms with Crippen LogP contribution in [-0.4, -0.2) is 37.2 Å². The highest BCUT2D eigenvalue weighted by Crippen LogP contribution is 2.30. The Kier molecular flexibility index (Phi) is 4.76. The first-order valence-electron chi connectivity index (χ1n) is 8.06. The third kappa shape index (κ3) is 3.74. The van der Waals surface area contributed by atoms with Crippen molar-refractivity contribution < 1.29 is 9.13 Å². The summed E-state index contributed by atoms with van der Waals surface area (Å²) < 4.78 is 19.4. The maximum atomic E-state index is 14.3. The molecule has 4 heteroatoms. The van der Waals surface area contributed by atoms with Crippen LogP contribution in [-0.2, 0) is 6.54 Å². The predicted octanol–water partition coefficient (Wildman–Crippen LogP) is 2.94. The minimum atomic E-state index is -0.206. The topological polar surface area (TPSA) is 24.5 Å². The molecule has 21 heavy (non-hydrogen) atoms. The van der Waals surface area contributed by atoms with Crippen LogP contribution in [0.5, 0.6) is 5.75 Å². The summed E-state index contributed by atoms with van der Waals surface area (Å²) in [7, 11) is 1.52. The molecule has 2 fully saturated rings. The van der Waals surface area contributed by atoms with Gasteiger partial charge >= 0.3 is 0 Å². The standard InChI is InChI=1S/C17H25FN2O/c1-21-16-7-4-5-13(17(16)18)11-20(15-8-9-15)12-14-6-2-3-10-19-14/h4-5,7,14-15,19H,2-3,6,8-12H2,1H3. The molecule has 1 saturated heterocycles. The Morgan fingerprint density at radius 3 is 2.81 bits per heavy atom. The average molecular weight is 292 g/mol. The number of nitrogens with one attached hydrogen (secondary N) is 1. The first-order chi connectivity index (χ1) is 10.3. The number of nitrogens with zero attached hydrogens (tertiary/aromatic N) is 1. The molecule has 1 N–H and O–H groups in total. The number of ether oxygens (including phenoxy) is 1. The SMILES string of the molecule is COc1cccc(CN(CC2CCCCN2)C2CC2)c1F. The quantitative estimate of drug-likeness (QED) is 0.872. The summed E-state index contributed by atoms with van der Waals surface area (Å²) in [5.41, 5.74) is 0.747. The van der Waals surface area contributed by atoms with Crippen LogP contribution in [0.4, 0.5) is 4.39 Å². The van der Waals surface area contributed by atoms with Gasteiger partial charge < -0.3 is 10.1 Å². The van der Waals surface area contributed by atoms with Gasteiger partial charge in [0.15, 0.2) is 11.6 Å². The molecule has 0 spiro atoms. The molecule has 2 aliphatic rings. The van der Waals surface area contributed by atoms with E-state index < -0.39 is 0 Å². The number of benzene rings is 1. The summed E-state index contributed by atoms with van der Waals surface area (Å²) in [5, 5.41) is 3.60. The lowest BCUT2D eigenvalue weighted by molar-refractivity contribution is 0.205. The highest BCUT2D eigenvalue weighted by atomic mass is 19.1. The Labute approximate surface area is 126 Å². The summed E-state index contributed by atoms with van der Waals surface area (Å²) in [4.78, 5) is 2.45. The lowest BCUT2D eigenvalue weighted by Gasteiger charge is -2.31. The maximum Gasteiger partial charge on any atom is 0.169 e. The molecule has 1 aromatic carbocycles. The van der Waals surface area contributed by atoms with Crippen molar-refractivity contribution in [1.29, 1.82) is 0 Å². The maximum absolute atomic E-state index is 14.3. The van der Waals surface area contributed by atoms with Gasteiger partial charge in [-0.25, -0.2) is 4.39 Å². The molecule has 0 amide bonds. The molecule has 0 bridgehead atoms. The van der Waals surface area contributed by atoms with Crippen molar-refractivity contribution in [2.45, 2.75) is 50.7 Å². The molecule has 1 atom stereocenters. The largest absolute Gasteiger partial charge is 0.494 e. The lowest BCUT2D eigenvalue weighted by atomic mass is 10.0. The van der Waals surface area contributed by atoms with Crippen molar-refractivity contribution in [3.63, 3.8) is 0 Å². The van der Waals surface area contributed by atoms with Crippen molar-refractivity contribution in [2.75, 3.05) is 20.2 Å². The average Bonchev–Trinajstić information content (AvgIpc) is 3.34. The predicted molar refractivity (Wildman–Crippen MR) is 82.0 cm³/mol. The lowest BCUT2D eigenvalue weighted by Crippen LogP contribution is -2.44. The van der Waals surface area contributed by atoms with E-state index in [-0.39, 0.29) is 5.82 Å². The molecule has 1 heterocycles. The van der Waals surface area contributed by atoms with Gasteiger partial charge in [-0.1, -0.05) is 18.6 Å². The van der Waals surface area contributed by atoms with Crippen molar-refractivity contribution in [2.24, 2.45) is 0 Å². The van der Waals surface area contributed by atoms with Gasteiger partial charge in [0, 0.05) is 30.7 Å². The van der Waals surface area contributed by atoms with Gasteiger partial charge in [-0.3, -0.25) is 4.90 Å². The van der Waals surface area contributed by atoms with Gasteiger partial charge in [-0.2, -0.15) is 0 Å². The van der Waals surface area contributed by atoms with E-state index >= 15 is 0 Å². The number of piperidine rings is 1. The molecule has 1 aromatic rings. The van der Waals surface area contributed by atoms with Crippen molar-refractivity contribution in [3.05, 3.63) is 29.6 Å². The first-order valence-corrected chi connectivity index (χ1v) is 8.06. The van der Waals surface area contributed by atoms with E-state index in [1.807, 2.05) is 12.1 Å². The van der Waals surface area contributed by atoms with Gasteiger partial charge in [-0.05, 0) is 38.3 Å². The van der Waals surface area contributed by atoms with Crippen LogP contribution in [0.3, 0.4) is 0 Å². The van der Waals surface area contributed by atoms with E-state index in [4.69, 9.17) is 4.74 Å². The molecule has 1 saturated carbocycles. The van der Waals surface area contributed by atoms with E-state index in [0.29, 0.717) is 24.4 Å². The second kappa shape index (κ2) is 6.75. The normalized spacial score (nSPS) is 22.5. The van der Waals surface area contributed by atoms with E-state index in [1.54, 1.807) is 6.07 Å². The summed E-state index contributed by atoms with van der Waals surface area (Å²) in [6, 6.07) is 6.64. The Morgan fingerprint density at radius 2 is 2.14 bits per heavy atom. The fourth-order valence-electron chi connectivity index (χ4n) is 3.20. The Bertz CT molecular complexity index is 470. The van der Waals surface area contributed by atoms with Crippen LogP contribution in [0.15, 0.2) is 18.2 Å². The van der Waals surface area contributed by atoms with Crippen LogP contribution < -0.4 is 10.1 Å². The third-order valence-electron chi connectivity index (χ3n) is 4.57. The van der Waals surface area contributed by atoms with Crippen LogP contribution >= 0.6 is 0 Å². The smallest absolute Gasteiger partial charge is 0.169 e. The van der Waals surface area contributed by atoms with Crippen LogP contribution in [0, 0.1) is 5.82 Å². The minimum absolute atomic E-state index is 0.206. The number of hydrogen-bond acceptors (Lipinski definition) is 3. The van der Waals surface area contributed by atoms with Gasteiger partial charge in [-0.15, -0.1) is 0 Å². The molecule has 1 aliphatic carbocycles. The molecule has 1 aliphatic heterocycles. The van der Waals surface area contributed by atoms with E-state index in [2.05, 4.69) is 10.2 Å². The summed E-state index contributed by atoms with van der Waals surface area (Å²) in [6.45, 7) is 2.84. The molecule has 116 valence electrons. The molecule has 0 radical (unpaired) electrons. The Morgan fingerprint density at radius 1 is 1.29 bits per heavy atom. The Balaban J connectivity index is 1.67. The first kappa shape index (κ1) is 14.8. The fourth-order valence-corrected chi connectivity index (χ4v) is 3.20. The molecular weight excluding hydrogens is 267 g/mol. The highest BCUT2D eigenvalue weighted by Gasteiger charge is 2.31. The second-order valence-corrected chi connectivity index (χ2v) is 6.24. The van der Waals surface area contributed by atoms with E-state index in [1.165, 1.54) is 39.2 Å². The summed E-state index contributed by atoms with van der Waals surface area (Å²) >= 11 is 0. The van der Waals surface area contributed by atoms with Gasteiger partial charge in [0.2, 0.25) is 0 Å². The van der Waals surface area contributed by atoms with E-state index in [9.17, 15) is 4.39 Å². The van der Waals surface area contributed by atoms with Crippen molar-refractivity contribution >= 4 is 0 Å². The van der Waals surface area contributed by atoms with Crippen LogP contribution in [0.25, 0.3) is 0 Å². The van der Waals surface area contributed by atoms with Crippen molar-refractivity contribution in [3.8, 4) is 5.75 Å². The monoisotopic (exact) mass is 292 g/mol. The van der Waals surface area contributed by atoms with Crippen LogP contribution in [0.2, 0.25) is 0 Å². The zero-order valence-electron chi connectivity index (χ0n) is 12.8. The zero-order chi connectivity index (χ0) is 14.7. The highest BCUT2D eigenvalue weighted by molar-refractivity contribution is 5.31. The molecule has 1 unspecified atom stereocenters. The van der Waals surface area contributed by atoms with Gasteiger partial charge in [0.1, 0.15) is 0 Å². The summed E-state index contributed by atoms with van der Waals surface area (Å²) in [5.74, 6) is 0.140. The molecule has 3 rings (SSSR count). The second-order valence-electron chi connectivity index (χ2n) is 6.24. The van der Waals surface area contributed by atoms with Gasteiger partial charge in [0.05, 0.1) is 7.11 Å². The minimum Gasteiger partial charge on any atom is -0.494 e. The zero-order valence-corrected chi connectivity index (χ0v) is 12.8. The number of hydrogen-bond donors (Lipinski definition) is 1. The summed E-state index contributed by atoms with van der Waals surface area (Å²) in [6.07, 6.45) is 6.33. The number of methoxy groups -OCH3 is 1.